The number of aromatic nitrogens is 2. The summed E-state index contributed by atoms with van der Waals surface area (Å²) < 4.78 is 7.55. The zero-order valence-corrected chi connectivity index (χ0v) is 14.3. The number of nitrogens with zero attached hydrogens (tertiary/aromatic N) is 2. The third kappa shape index (κ3) is 4.47. The second kappa shape index (κ2) is 7.43. The van der Waals surface area contributed by atoms with Gasteiger partial charge < -0.3 is 10.1 Å². The maximum Gasteiger partial charge on any atom is 0.0847 e. The fourth-order valence-corrected chi connectivity index (χ4v) is 2.69. The average molecular weight is 302 g/mol. The molecule has 1 N–H and O–H groups in total. The molecule has 0 aromatic carbocycles. The van der Waals surface area contributed by atoms with E-state index in [1.807, 2.05) is 11.6 Å². The minimum atomic E-state index is -0.147. The molecule has 5 heteroatoms. The molecule has 1 atom stereocenters. The van der Waals surface area contributed by atoms with Gasteiger partial charge in [-0.05, 0) is 40.7 Å². The Morgan fingerprint density at radius 1 is 1.40 bits per heavy atom. The fourth-order valence-electron chi connectivity index (χ4n) is 2.48. The van der Waals surface area contributed by atoms with Crippen molar-refractivity contribution in [2.75, 3.05) is 13.7 Å². The van der Waals surface area contributed by atoms with Crippen LogP contribution < -0.4 is 5.32 Å². The van der Waals surface area contributed by atoms with Crippen LogP contribution in [0.25, 0.3) is 0 Å². The molecule has 4 nitrogen and oxygen atoms in total. The van der Waals surface area contributed by atoms with E-state index < -0.39 is 0 Å². The predicted octanol–water partition coefficient (Wildman–Crippen LogP) is 3.20. The van der Waals surface area contributed by atoms with Crippen LogP contribution in [0.5, 0.6) is 0 Å². The molecule has 0 radical (unpaired) electrons. The maximum absolute atomic E-state index is 6.40. The Morgan fingerprint density at radius 3 is 2.55 bits per heavy atom. The third-order valence-electron chi connectivity index (χ3n) is 3.68. The quantitative estimate of drug-likeness (QED) is 0.801. The van der Waals surface area contributed by atoms with Crippen molar-refractivity contribution < 1.29 is 4.74 Å². The van der Waals surface area contributed by atoms with Gasteiger partial charge in [-0.3, -0.25) is 4.68 Å². The molecule has 1 aromatic rings. The van der Waals surface area contributed by atoms with Gasteiger partial charge in [-0.15, -0.1) is 0 Å². The van der Waals surface area contributed by atoms with Gasteiger partial charge in [-0.2, -0.15) is 5.10 Å². The minimum absolute atomic E-state index is 0.147. The van der Waals surface area contributed by atoms with Gasteiger partial charge in [-0.1, -0.05) is 18.5 Å². The summed E-state index contributed by atoms with van der Waals surface area (Å²) in [5.74, 6) is 0. The summed E-state index contributed by atoms with van der Waals surface area (Å²) in [6.45, 7) is 12.2. The van der Waals surface area contributed by atoms with Crippen LogP contribution in [0.3, 0.4) is 0 Å². The molecule has 116 valence electrons. The molecular weight excluding hydrogens is 274 g/mol. The zero-order chi connectivity index (χ0) is 15.3. The molecule has 0 aliphatic heterocycles. The van der Waals surface area contributed by atoms with Crippen molar-refractivity contribution in [1.29, 1.82) is 0 Å². The van der Waals surface area contributed by atoms with Crippen molar-refractivity contribution in [2.45, 2.75) is 65.6 Å². The van der Waals surface area contributed by atoms with Gasteiger partial charge in [0, 0.05) is 26.1 Å². The molecule has 1 aromatic heterocycles. The Kier molecular flexibility index (Phi) is 6.49. The lowest BCUT2D eigenvalue weighted by Crippen LogP contribution is -2.39. The first-order valence-corrected chi connectivity index (χ1v) is 7.72. The number of hydrogen-bond donors (Lipinski definition) is 1. The number of nitrogens with one attached hydrogen (secondary N) is 1. The summed E-state index contributed by atoms with van der Waals surface area (Å²) >= 11 is 6.40. The molecule has 0 bridgehead atoms. The largest absolute Gasteiger partial charge is 0.379 e. The normalized spacial score (nSPS) is 13.8. The average Bonchev–Trinajstić information content (AvgIpc) is 2.66. The molecule has 0 aliphatic carbocycles. The second-order valence-electron chi connectivity index (χ2n) is 5.79. The van der Waals surface area contributed by atoms with Crippen LogP contribution in [-0.2, 0) is 17.7 Å². The lowest BCUT2D eigenvalue weighted by atomic mass is 9.95. The summed E-state index contributed by atoms with van der Waals surface area (Å²) in [7, 11) is 1.76. The van der Waals surface area contributed by atoms with Crippen molar-refractivity contribution in [3.05, 3.63) is 16.4 Å². The first kappa shape index (κ1) is 17.5. The van der Waals surface area contributed by atoms with E-state index in [4.69, 9.17) is 16.3 Å². The van der Waals surface area contributed by atoms with Crippen molar-refractivity contribution >= 4 is 11.6 Å². The molecule has 1 rings (SSSR count). The van der Waals surface area contributed by atoms with E-state index in [-0.39, 0.29) is 5.60 Å². The van der Waals surface area contributed by atoms with Crippen LogP contribution in [0, 0.1) is 6.92 Å². The molecule has 0 saturated carbocycles. The summed E-state index contributed by atoms with van der Waals surface area (Å²) in [6, 6.07) is 0.328. The highest BCUT2D eigenvalue weighted by molar-refractivity contribution is 6.31. The van der Waals surface area contributed by atoms with Crippen LogP contribution in [0.4, 0.5) is 0 Å². The fraction of sp³-hybridized carbons (Fsp3) is 0.800. The van der Waals surface area contributed by atoms with E-state index in [1.54, 1.807) is 7.11 Å². The van der Waals surface area contributed by atoms with Crippen molar-refractivity contribution in [3.63, 3.8) is 0 Å². The second-order valence-corrected chi connectivity index (χ2v) is 6.17. The lowest BCUT2D eigenvalue weighted by molar-refractivity contribution is 0.00712. The van der Waals surface area contributed by atoms with E-state index >= 15 is 0 Å². The predicted molar refractivity (Wildman–Crippen MR) is 84.5 cm³/mol. The monoisotopic (exact) mass is 301 g/mol. The van der Waals surface area contributed by atoms with Crippen LogP contribution >= 0.6 is 11.6 Å². The maximum atomic E-state index is 6.40. The number of rotatable bonds is 8. The smallest absolute Gasteiger partial charge is 0.0847 e. The van der Waals surface area contributed by atoms with E-state index in [0.717, 1.165) is 42.3 Å². The third-order valence-corrected chi connectivity index (χ3v) is 4.17. The Balaban J connectivity index is 2.90. The van der Waals surface area contributed by atoms with Crippen molar-refractivity contribution in [1.82, 2.24) is 15.1 Å². The molecule has 0 aliphatic rings. The molecular formula is C15H28ClN3O. The van der Waals surface area contributed by atoms with Crippen molar-refractivity contribution in [3.8, 4) is 0 Å². The Hall–Kier alpha value is -0.580. The van der Waals surface area contributed by atoms with Gasteiger partial charge in [0.2, 0.25) is 0 Å². The molecule has 1 heterocycles. The number of likely N-dealkylation sites (N-methyl/N-ethyl adjacent to an activating group) is 1. The van der Waals surface area contributed by atoms with E-state index in [1.165, 1.54) is 0 Å². The van der Waals surface area contributed by atoms with E-state index in [9.17, 15) is 0 Å². The van der Waals surface area contributed by atoms with E-state index in [2.05, 4.69) is 38.1 Å². The molecule has 1 unspecified atom stereocenters. The highest BCUT2D eigenvalue weighted by Crippen LogP contribution is 2.24. The standard InChI is InChI=1S/C15H28ClN3O/c1-7-17-12(10-15(4,5)20-6)9-13-14(16)11(3)18-19(13)8-2/h12,17H,7-10H2,1-6H3. The summed E-state index contributed by atoms with van der Waals surface area (Å²) in [5, 5.41) is 8.81. The van der Waals surface area contributed by atoms with Gasteiger partial charge in [0.25, 0.3) is 0 Å². The van der Waals surface area contributed by atoms with Gasteiger partial charge in [0.1, 0.15) is 0 Å². The zero-order valence-electron chi connectivity index (χ0n) is 13.6. The summed E-state index contributed by atoms with van der Waals surface area (Å²) in [5.41, 5.74) is 1.88. The molecule has 0 spiro atoms. The molecule has 0 amide bonds. The number of hydrogen-bond acceptors (Lipinski definition) is 3. The van der Waals surface area contributed by atoms with Gasteiger partial charge in [0.05, 0.1) is 22.0 Å². The van der Waals surface area contributed by atoms with Crippen molar-refractivity contribution in [2.24, 2.45) is 0 Å². The number of ether oxygens (including phenoxy) is 1. The summed E-state index contributed by atoms with van der Waals surface area (Å²) in [6.07, 6.45) is 1.80. The SMILES string of the molecule is CCNC(Cc1c(Cl)c(C)nn1CC)CC(C)(C)OC. The van der Waals surface area contributed by atoms with E-state index in [0.29, 0.717) is 6.04 Å². The van der Waals surface area contributed by atoms with Gasteiger partial charge in [0.15, 0.2) is 0 Å². The molecule has 0 fully saturated rings. The topological polar surface area (TPSA) is 39.1 Å². The van der Waals surface area contributed by atoms with Gasteiger partial charge >= 0.3 is 0 Å². The number of aryl methyl sites for hydroxylation is 2. The highest BCUT2D eigenvalue weighted by Gasteiger charge is 2.25. The molecule has 0 saturated heterocycles. The molecule has 20 heavy (non-hydrogen) atoms. The first-order valence-electron chi connectivity index (χ1n) is 7.34. The van der Waals surface area contributed by atoms with Crippen LogP contribution in [0.15, 0.2) is 0 Å². The summed E-state index contributed by atoms with van der Waals surface area (Å²) in [4.78, 5) is 0. The number of halogens is 1. The Bertz CT molecular complexity index is 429. The Labute approximate surface area is 127 Å². The Morgan fingerprint density at radius 2 is 2.05 bits per heavy atom. The first-order chi connectivity index (χ1) is 9.34. The highest BCUT2D eigenvalue weighted by atomic mass is 35.5. The van der Waals surface area contributed by atoms with Crippen LogP contribution in [0.2, 0.25) is 5.02 Å². The lowest BCUT2D eigenvalue weighted by Gasteiger charge is -2.29. The van der Waals surface area contributed by atoms with Gasteiger partial charge in [-0.25, -0.2) is 0 Å². The number of methoxy groups -OCH3 is 1. The minimum Gasteiger partial charge on any atom is -0.379 e. The van der Waals surface area contributed by atoms with Crippen LogP contribution in [0.1, 0.15) is 45.5 Å². The van der Waals surface area contributed by atoms with Crippen LogP contribution in [-0.4, -0.2) is 35.1 Å².